The maximum atomic E-state index is 12.0. The summed E-state index contributed by atoms with van der Waals surface area (Å²) in [5.74, 6) is 0. The highest BCUT2D eigenvalue weighted by Crippen LogP contribution is 2.10. The molecule has 3 N–H and O–H groups in total. The number of hydrogen-bond acceptors (Lipinski definition) is 6. The van der Waals surface area contributed by atoms with Gasteiger partial charge in [-0.3, -0.25) is 0 Å². The van der Waals surface area contributed by atoms with Gasteiger partial charge in [-0.1, -0.05) is 0 Å². The number of ether oxygens (including phenoxy) is 2. The molecule has 0 heterocycles. The summed E-state index contributed by atoms with van der Waals surface area (Å²) >= 11 is 0. The number of carbonyl (C=O) groups excluding carboxylic acids is 2. The second-order valence-electron chi connectivity index (χ2n) is 9.73. The first-order valence-corrected chi connectivity index (χ1v) is 11.2. The van der Waals surface area contributed by atoms with Crippen LogP contribution < -0.4 is 11.1 Å². The molecule has 0 aromatic rings. The molecule has 0 aromatic heterocycles. The van der Waals surface area contributed by atoms with Crippen molar-refractivity contribution < 1.29 is 19.1 Å². The number of alkyl carbamates (subject to hydrolysis) is 1. The molecule has 0 bridgehead atoms. The molecule has 0 atom stereocenters. The molecule has 0 spiro atoms. The SMILES string of the molecule is CN(CCCCN(CCCCN)CCCNC(=O)OC(C)(C)C)C(=O)OC(C)(C)C. The van der Waals surface area contributed by atoms with Gasteiger partial charge in [0.1, 0.15) is 11.2 Å². The Morgan fingerprint density at radius 1 is 0.800 bits per heavy atom. The van der Waals surface area contributed by atoms with E-state index in [1.807, 2.05) is 41.5 Å². The second-order valence-corrected chi connectivity index (χ2v) is 9.73. The normalized spacial score (nSPS) is 12.0. The summed E-state index contributed by atoms with van der Waals surface area (Å²) in [5.41, 5.74) is 4.66. The van der Waals surface area contributed by atoms with Crippen molar-refractivity contribution in [3.63, 3.8) is 0 Å². The van der Waals surface area contributed by atoms with Crippen molar-refractivity contribution in [3.8, 4) is 0 Å². The van der Waals surface area contributed by atoms with Crippen LogP contribution in [0.3, 0.4) is 0 Å². The van der Waals surface area contributed by atoms with Gasteiger partial charge in [-0.2, -0.15) is 0 Å². The van der Waals surface area contributed by atoms with Crippen LogP contribution >= 0.6 is 0 Å². The highest BCUT2D eigenvalue weighted by atomic mass is 16.6. The zero-order valence-corrected chi connectivity index (χ0v) is 20.4. The molecule has 0 radical (unpaired) electrons. The first-order valence-electron chi connectivity index (χ1n) is 11.2. The van der Waals surface area contributed by atoms with Gasteiger partial charge in [-0.25, -0.2) is 9.59 Å². The molecule has 0 aliphatic rings. The van der Waals surface area contributed by atoms with Crippen LogP contribution in [0.2, 0.25) is 0 Å². The van der Waals surface area contributed by atoms with E-state index in [0.29, 0.717) is 19.6 Å². The molecule has 0 rings (SSSR count). The van der Waals surface area contributed by atoms with E-state index in [0.717, 1.165) is 51.7 Å². The summed E-state index contributed by atoms with van der Waals surface area (Å²) in [7, 11) is 1.77. The van der Waals surface area contributed by atoms with Gasteiger partial charge in [0.05, 0.1) is 0 Å². The molecular weight excluding hydrogens is 384 g/mol. The average Bonchev–Trinajstić information content (AvgIpc) is 2.58. The summed E-state index contributed by atoms with van der Waals surface area (Å²) in [5, 5.41) is 2.81. The molecular formula is C22H46N4O4. The van der Waals surface area contributed by atoms with Gasteiger partial charge in [-0.15, -0.1) is 0 Å². The summed E-state index contributed by atoms with van der Waals surface area (Å²) in [4.78, 5) is 27.8. The highest BCUT2D eigenvalue weighted by molar-refractivity contribution is 5.67. The largest absolute Gasteiger partial charge is 0.444 e. The molecule has 0 fully saturated rings. The Bertz CT molecular complexity index is 487. The van der Waals surface area contributed by atoms with E-state index in [1.165, 1.54) is 0 Å². The van der Waals surface area contributed by atoms with E-state index < -0.39 is 11.2 Å². The molecule has 0 aliphatic heterocycles. The van der Waals surface area contributed by atoms with Crippen molar-refractivity contribution >= 4 is 12.2 Å². The summed E-state index contributed by atoms with van der Waals surface area (Å²) < 4.78 is 10.6. The number of carbonyl (C=O) groups is 2. The summed E-state index contributed by atoms with van der Waals surface area (Å²) in [6, 6.07) is 0. The third-order valence-corrected chi connectivity index (χ3v) is 4.17. The minimum Gasteiger partial charge on any atom is -0.444 e. The van der Waals surface area contributed by atoms with Crippen LogP contribution in [-0.4, -0.2) is 79.5 Å². The fourth-order valence-corrected chi connectivity index (χ4v) is 2.74. The maximum absolute atomic E-state index is 12.0. The Kier molecular flexibility index (Phi) is 13.7. The van der Waals surface area contributed by atoms with Crippen LogP contribution in [0.15, 0.2) is 0 Å². The van der Waals surface area contributed by atoms with E-state index in [2.05, 4.69) is 10.2 Å². The van der Waals surface area contributed by atoms with Crippen molar-refractivity contribution in [1.29, 1.82) is 0 Å². The number of amides is 2. The zero-order valence-electron chi connectivity index (χ0n) is 20.4. The van der Waals surface area contributed by atoms with Crippen LogP contribution in [-0.2, 0) is 9.47 Å². The first kappa shape index (κ1) is 28.5. The molecule has 178 valence electrons. The van der Waals surface area contributed by atoms with E-state index in [-0.39, 0.29) is 12.2 Å². The van der Waals surface area contributed by atoms with E-state index in [9.17, 15) is 9.59 Å². The molecule has 8 heteroatoms. The molecule has 30 heavy (non-hydrogen) atoms. The quantitative estimate of drug-likeness (QED) is 0.433. The third-order valence-electron chi connectivity index (χ3n) is 4.17. The standard InChI is InChI=1S/C22H46N4O4/c1-21(2,3)29-19(27)24-14-12-18-26(16-9-8-13-23)17-11-10-15-25(7)20(28)30-22(4,5)6/h8-18,23H2,1-7H3,(H,24,27). The third kappa shape index (κ3) is 17.3. The van der Waals surface area contributed by atoms with Crippen molar-refractivity contribution in [2.45, 2.75) is 84.8 Å². The Morgan fingerprint density at radius 3 is 1.83 bits per heavy atom. The topological polar surface area (TPSA) is 97.1 Å². The fourth-order valence-electron chi connectivity index (χ4n) is 2.74. The monoisotopic (exact) mass is 430 g/mol. The van der Waals surface area contributed by atoms with Crippen LogP contribution in [0.25, 0.3) is 0 Å². The number of hydrogen-bond donors (Lipinski definition) is 2. The van der Waals surface area contributed by atoms with Gasteiger partial charge in [0.2, 0.25) is 0 Å². The lowest BCUT2D eigenvalue weighted by molar-refractivity contribution is 0.0294. The lowest BCUT2D eigenvalue weighted by atomic mass is 10.2. The lowest BCUT2D eigenvalue weighted by Crippen LogP contribution is -2.36. The van der Waals surface area contributed by atoms with Gasteiger partial charge in [0, 0.05) is 20.1 Å². The Hall–Kier alpha value is -1.54. The molecule has 0 saturated heterocycles. The van der Waals surface area contributed by atoms with Crippen molar-refractivity contribution in [2.75, 3.05) is 46.3 Å². The van der Waals surface area contributed by atoms with Crippen molar-refractivity contribution in [1.82, 2.24) is 15.1 Å². The van der Waals surface area contributed by atoms with E-state index >= 15 is 0 Å². The number of rotatable bonds is 13. The average molecular weight is 431 g/mol. The van der Waals surface area contributed by atoms with Gasteiger partial charge in [0.25, 0.3) is 0 Å². The molecule has 0 aromatic carbocycles. The van der Waals surface area contributed by atoms with Gasteiger partial charge in [0.15, 0.2) is 0 Å². The second kappa shape index (κ2) is 14.5. The number of unbranched alkanes of at least 4 members (excludes halogenated alkanes) is 2. The first-order chi connectivity index (χ1) is 13.8. The molecule has 0 saturated carbocycles. The van der Waals surface area contributed by atoms with Crippen LogP contribution in [0.4, 0.5) is 9.59 Å². The van der Waals surface area contributed by atoms with E-state index in [4.69, 9.17) is 15.2 Å². The number of nitrogens with two attached hydrogens (primary N) is 1. The van der Waals surface area contributed by atoms with Crippen molar-refractivity contribution in [2.24, 2.45) is 5.73 Å². The summed E-state index contributed by atoms with van der Waals surface area (Å²) in [6.45, 7) is 16.0. The van der Waals surface area contributed by atoms with Crippen molar-refractivity contribution in [3.05, 3.63) is 0 Å². The van der Waals surface area contributed by atoms with Gasteiger partial charge in [-0.05, 0) is 99.8 Å². The summed E-state index contributed by atoms with van der Waals surface area (Å²) in [6.07, 6.45) is 4.19. The molecule has 0 unspecified atom stereocenters. The molecule has 0 aliphatic carbocycles. The lowest BCUT2D eigenvalue weighted by Gasteiger charge is -2.25. The Morgan fingerprint density at radius 2 is 1.30 bits per heavy atom. The van der Waals surface area contributed by atoms with Crippen LogP contribution in [0, 0.1) is 0 Å². The van der Waals surface area contributed by atoms with Crippen LogP contribution in [0.5, 0.6) is 0 Å². The predicted octanol–water partition coefficient (Wildman–Crippen LogP) is 3.59. The number of nitrogens with one attached hydrogen (secondary N) is 1. The Labute approximate surface area is 183 Å². The fraction of sp³-hybridized carbons (Fsp3) is 0.909. The van der Waals surface area contributed by atoms with Gasteiger partial charge < -0.3 is 30.3 Å². The van der Waals surface area contributed by atoms with Crippen LogP contribution in [0.1, 0.15) is 73.6 Å². The highest BCUT2D eigenvalue weighted by Gasteiger charge is 2.19. The smallest absolute Gasteiger partial charge is 0.410 e. The van der Waals surface area contributed by atoms with Gasteiger partial charge >= 0.3 is 12.2 Å². The minimum absolute atomic E-state index is 0.282. The predicted molar refractivity (Wildman–Crippen MR) is 122 cm³/mol. The molecule has 8 nitrogen and oxygen atoms in total. The minimum atomic E-state index is -0.481. The maximum Gasteiger partial charge on any atom is 0.410 e. The Balaban J connectivity index is 4.21. The van der Waals surface area contributed by atoms with E-state index in [1.54, 1.807) is 11.9 Å². The number of nitrogens with zero attached hydrogens (tertiary/aromatic N) is 2. The zero-order chi connectivity index (χ0) is 23.2. The molecule has 2 amide bonds.